The van der Waals surface area contributed by atoms with E-state index in [4.69, 9.17) is 35.7 Å². The highest BCUT2D eigenvalue weighted by atomic mass is 35.5. The second kappa shape index (κ2) is 9.53. The summed E-state index contributed by atoms with van der Waals surface area (Å²) in [6.45, 7) is -0.299. The number of nitrogens with zero attached hydrogens (tertiary/aromatic N) is 2. The molecule has 186 valence electrons. The van der Waals surface area contributed by atoms with Gasteiger partial charge in [-0.1, -0.05) is 11.6 Å². The summed E-state index contributed by atoms with van der Waals surface area (Å²) in [6.07, 6.45) is -1.94. The smallest absolute Gasteiger partial charge is 0.341 e. The Hall–Kier alpha value is -3.06. The second-order valence-corrected chi connectivity index (χ2v) is 8.60. The van der Waals surface area contributed by atoms with E-state index in [1.807, 2.05) is 0 Å². The van der Waals surface area contributed by atoms with E-state index >= 15 is 0 Å². The molecule has 3 aromatic rings. The Morgan fingerprint density at radius 1 is 1.14 bits per heavy atom. The van der Waals surface area contributed by atoms with Crippen LogP contribution in [0.2, 0.25) is 5.02 Å². The molecular weight excluding hydrogens is 492 g/mol. The minimum Gasteiger partial charge on any atom is -0.482 e. The number of hydrogen-bond acceptors (Lipinski definition) is 8. The lowest BCUT2D eigenvalue weighted by molar-refractivity contribution is -0.139. The number of nitrogens with one attached hydrogen (secondary N) is 1. The molecule has 2 aliphatic rings. The van der Waals surface area contributed by atoms with Gasteiger partial charge in [0.15, 0.2) is 18.4 Å². The molecule has 10 nitrogen and oxygen atoms in total. The van der Waals surface area contributed by atoms with Gasteiger partial charge in [-0.25, -0.2) is 18.6 Å². The maximum absolute atomic E-state index is 14.4. The molecule has 0 aliphatic carbocycles. The number of rotatable bonds is 8. The maximum atomic E-state index is 14.4. The molecule has 13 heteroatoms. The number of imidazole rings is 1. The van der Waals surface area contributed by atoms with Crippen LogP contribution in [0.15, 0.2) is 18.2 Å². The van der Waals surface area contributed by atoms with Crippen LogP contribution < -0.4 is 9.47 Å². The number of carboxylic acids is 1. The third-order valence-corrected chi connectivity index (χ3v) is 6.14. The van der Waals surface area contributed by atoms with E-state index < -0.39 is 48.6 Å². The zero-order valence-corrected chi connectivity index (χ0v) is 18.8. The normalized spacial score (nSPS) is 23.5. The average molecular weight is 512 g/mol. The van der Waals surface area contributed by atoms with Crippen LogP contribution >= 0.6 is 11.6 Å². The first-order chi connectivity index (χ1) is 16.8. The number of carbonyl (C=O) groups is 1. The number of fused-ring (bicyclic) bond motifs is 2. The Labute approximate surface area is 201 Å². The number of carboxylic acid groups (broad SMARTS) is 1. The van der Waals surface area contributed by atoms with Crippen molar-refractivity contribution in [3.63, 3.8) is 0 Å². The molecule has 1 aromatic carbocycles. The minimum atomic E-state index is -1.26. The number of pyridine rings is 1. The molecule has 0 radical (unpaired) electrons. The number of aryl methyl sites for hydroxylation is 1. The first kappa shape index (κ1) is 23.7. The number of hydrogen-bond donors (Lipinski definition) is 3. The number of aromatic amines is 1. The second-order valence-electron chi connectivity index (χ2n) is 8.20. The summed E-state index contributed by atoms with van der Waals surface area (Å²) in [5.41, 5.74) is 0.995. The summed E-state index contributed by atoms with van der Waals surface area (Å²) in [5, 5.41) is 18.8. The van der Waals surface area contributed by atoms with Gasteiger partial charge in [0.25, 0.3) is 6.01 Å². The monoisotopic (exact) mass is 511 g/mol. The van der Waals surface area contributed by atoms with Gasteiger partial charge in [-0.2, -0.15) is 4.98 Å². The third kappa shape index (κ3) is 4.87. The Morgan fingerprint density at radius 2 is 1.89 bits per heavy atom. The van der Waals surface area contributed by atoms with Crippen molar-refractivity contribution in [1.82, 2.24) is 15.0 Å². The van der Waals surface area contributed by atoms with Crippen molar-refractivity contribution in [2.75, 3.05) is 19.8 Å². The minimum absolute atomic E-state index is 0.0506. The highest BCUT2D eigenvalue weighted by Crippen LogP contribution is 2.30. The van der Waals surface area contributed by atoms with Crippen molar-refractivity contribution >= 4 is 28.7 Å². The zero-order chi connectivity index (χ0) is 24.7. The van der Waals surface area contributed by atoms with E-state index in [2.05, 4.69) is 15.0 Å². The quantitative estimate of drug-likeness (QED) is 0.415. The fraction of sp³-hybridized carbons (Fsp3) is 0.409. The zero-order valence-electron chi connectivity index (χ0n) is 18.0. The highest BCUT2D eigenvalue weighted by Gasteiger charge is 2.48. The Balaban J connectivity index is 1.28. The van der Waals surface area contributed by atoms with E-state index in [-0.39, 0.29) is 48.4 Å². The van der Waals surface area contributed by atoms with Crippen molar-refractivity contribution in [3.8, 4) is 11.8 Å². The van der Waals surface area contributed by atoms with Crippen LogP contribution in [0.4, 0.5) is 8.78 Å². The Bertz CT molecular complexity index is 1250. The molecule has 0 unspecified atom stereocenters. The van der Waals surface area contributed by atoms with Crippen LogP contribution in [-0.2, 0) is 27.1 Å². The predicted molar refractivity (Wildman–Crippen MR) is 116 cm³/mol. The number of ether oxygens (including phenoxy) is 4. The largest absolute Gasteiger partial charge is 0.482 e. The van der Waals surface area contributed by atoms with E-state index in [1.54, 1.807) is 6.07 Å². The molecule has 0 spiro atoms. The first-order valence-corrected chi connectivity index (χ1v) is 11.1. The lowest BCUT2D eigenvalue weighted by Crippen LogP contribution is -2.34. The van der Waals surface area contributed by atoms with Gasteiger partial charge in [0, 0.05) is 17.7 Å². The molecule has 2 aliphatic heterocycles. The molecular formula is C22H20ClF2N3O7. The number of benzene rings is 1. The Kier molecular flexibility index (Phi) is 6.45. The lowest BCUT2D eigenvalue weighted by atomic mass is 10.1. The summed E-state index contributed by atoms with van der Waals surface area (Å²) in [6, 6.07) is 3.63. The van der Waals surface area contributed by atoms with E-state index in [0.29, 0.717) is 16.9 Å². The molecule has 5 rings (SSSR count). The van der Waals surface area contributed by atoms with Gasteiger partial charge >= 0.3 is 5.97 Å². The molecule has 3 N–H and O–H groups in total. The van der Waals surface area contributed by atoms with Gasteiger partial charge in [0.1, 0.15) is 35.7 Å². The molecule has 0 saturated carbocycles. The first-order valence-electron chi connectivity index (χ1n) is 10.7. The topological polar surface area (TPSA) is 136 Å². The van der Waals surface area contributed by atoms with Gasteiger partial charge in [0.05, 0.1) is 29.4 Å². The molecule has 0 bridgehead atoms. The number of aliphatic carboxylic acids is 1. The predicted octanol–water partition coefficient (Wildman–Crippen LogP) is 2.04. The van der Waals surface area contributed by atoms with Crippen molar-refractivity contribution in [1.29, 1.82) is 0 Å². The fourth-order valence-corrected chi connectivity index (χ4v) is 4.39. The summed E-state index contributed by atoms with van der Waals surface area (Å²) < 4.78 is 50.6. The van der Waals surface area contributed by atoms with Crippen LogP contribution in [0.3, 0.4) is 0 Å². The van der Waals surface area contributed by atoms with Crippen LogP contribution in [0, 0.1) is 11.6 Å². The molecule has 2 fully saturated rings. The van der Waals surface area contributed by atoms with Crippen molar-refractivity contribution in [2.24, 2.45) is 0 Å². The fourth-order valence-electron chi connectivity index (χ4n) is 4.14. The van der Waals surface area contributed by atoms with Gasteiger partial charge in [-0.15, -0.1) is 0 Å². The molecule has 35 heavy (non-hydrogen) atoms. The summed E-state index contributed by atoms with van der Waals surface area (Å²) in [7, 11) is 0. The molecule has 4 atom stereocenters. The van der Waals surface area contributed by atoms with Crippen molar-refractivity contribution in [2.45, 2.75) is 37.3 Å². The van der Waals surface area contributed by atoms with Gasteiger partial charge in [0.2, 0.25) is 0 Å². The van der Waals surface area contributed by atoms with E-state index in [0.717, 1.165) is 12.1 Å². The van der Waals surface area contributed by atoms with Crippen LogP contribution in [0.25, 0.3) is 11.2 Å². The number of halogens is 3. The number of H-pyrrole nitrogens is 1. The highest BCUT2D eigenvalue weighted by molar-refractivity contribution is 6.31. The number of aromatic nitrogens is 3. The van der Waals surface area contributed by atoms with Crippen LogP contribution in [0.1, 0.15) is 11.3 Å². The third-order valence-electron chi connectivity index (χ3n) is 5.81. The van der Waals surface area contributed by atoms with E-state index in [1.165, 1.54) is 0 Å². The summed E-state index contributed by atoms with van der Waals surface area (Å²) in [4.78, 5) is 22.3. The molecule has 2 aromatic heterocycles. The SMILES string of the molecule is O=C(O)COc1cc(F)c(CCc2nc3nc(O[C@@H]4CO[C@H]5[C@@H]4OC[C@H]5O)[nH]c3cc2Cl)c(F)c1. The number of aliphatic hydroxyl groups is 1. The Morgan fingerprint density at radius 3 is 2.63 bits per heavy atom. The van der Waals surface area contributed by atoms with Gasteiger partial charge in [-0.05, 0) is 18.9 Å². The van der Waals surface area contributed by atoms with Crippen molar-refractivity contribution in [3.05, 3.63) is 46.1 Å². The average Bonchev–Trinajstić information content (AvgIpc) is 3.48. The maximum Gasteiger partial charge on any atom is 0.341 e. The lowest BCUT2D eigenvalue weighted by Gasteiger charge is -2.15. The van der Waals surface area contributed by atoms with Crippen molar-refractivity contribution < 1.29 is 42.7 Å². The van der Waals surface area contributed by atoms with Crippen LogP contribution in [0.5, 0.6) is 11.8 Å². The standard InChI is InChI=1S/C22H20ClF2N3O7/c23-11-5-15-21(28-22(27-15)35-17-7-34-19-16(29)6-33-20(17)19)26-14(11)2-1-10-12(24)3-9(4-13(10)25)32-8-18(30)31/h3-5,16-17,19-20,29H,1-2,6-8H2,(H,30,31)(H,26,27,28)/t16-,17-,19-,20-/m1/s1. The van der Waals surface area contributed by atoms with Gasteiger partial charge in [-0.3, -0.25) is 0 Å². The van der Waals surface area contributed by atoms with Gasteiger partial charge < -0.3 is 34.1 Å². The van der Waals surface area contributed by atoms with Crippen LogP contribution in [-0.4, -0.2) is 75.4 Å². The van der Waals surface area contributed by atoms with E-state index in [9.17, 15) is 18.7 Å². The summed E-state index contributed by atoms with van der Waals surface area (Å²) >= 11 is 6.33. The molecule has 2 saturated heterocycles. The number of aliphatic hydroxyl groups excluding tert-OH is 1. The molecule has 0 amide bonds. The summed E-state index contributed by atoms with van der Waals surface area (Å²) in [5.74, 6) is -3.21. The molecule has 4 heterocycles.